The molecule has 0 bridgehead atoms. The monoisotopic (exact) mass is 546 g/mol. The number of allylic oxidation sites excluding steroid dienone is 1. The van der Waals surface area contributed by atoms with Crippen molar-refractivity contribution >= 4 is 24.0 Å². The highest BCUT2D eigenvalue weighted by atomic mass is 35.5. The molecule has 2 heterocycles. The van der Waals surface area contributed by atoms with Crippen molar-refractivity contribution in [2.75, 3.05) is 0 Å². The van der Waals surface area contributed by atoms with Crippen LogP contribution in [0.1, 0.15) is 18.1 Å². The van der Waals surface area contributed by atoms with E-state index in [0.717, 1.165) is 29.0 Å². The number of nitrogens with one attached hydrogen (secondary N) is 2. The minimum atomic E-state index is -1.76. The molecule has 1 aliphatic heterocycles. The Morgan fingerprint density at radius 2 is 2.00 bits per heavy atom. The van der Waals surface area contributed by atoms with E-state index in [1.165, 1.54) is 23.4 Å². The molecule has 37 heavy (non-hydrogen) atoms. The Labute approximate surface area is 224 Å². The maximum atomic E-state index is 14.9. The maximum absolute atomic E-state index is 14.9. The van der Waals surface area contributed by atoms with E-state index in [4.69, 9.17) is 11.6 Å². The lowest BCUT2D eigenvalue weighted by Crippen LogP contribution is -2.54. The van der Waals surface area contributed by atoms with Gasteiger partial charge in [-0.2, -0.15) is 5.10 Å². The van der Waals surface area contributed by atoms with Gasteiger partial charge in [0.05, 0.1) is 18.6 Å². The number of benzene rings is 2. The van der Waals surface area contributed by atoms with Crippen LogP contribution in [0.3, 0.4) is 0 Å². The summed E-state index contributed by atoms with van der Waals surface area (Å²) in [6.45, 7) is 2.33. The van der Waals surface area contributed by atoms with Crippen molar-refractivity contribution in [1.82, 2.24) is 30.5 Å². The number of rotatable bonds is 8. The molecule has 0 saturated heterocycles. The van der Waals surface area contributed by atoms with Crippen LogP contribution in [0.4, 0.5) is 8.78 Å². The number of aliphatic hydroxyl groups is 1. The van der Waals surface area contributed by atoms with E-state index in [-0.39, 0.29) is 30.6 Å². The van der Waals surface area contributed by atoms with Gasteiger partial charge in [-0.05, 0) is 48.4 Å². The molecule has 194 valence electrons. The molecule has 3 aromatic rings. The first kappa shape index (κ1) is 26.8. The lowest BCUT2D eigenvalue weighted by atomic mass is 9.86. The van der Waals surface area contributed by atoms with E-state index in [2.05, 4.69) is 20.8 Å². The Kier molecular flexibility index (Phi) is 7.99. The van der Waals surface area contributed by atoms with Gasteiger partial charge in [0.1, 0.15) is 29.9 Å². The van der Waals surface area contributed by atoms with E-state index in [1.54, 1.807) is 11.9 Å². The summed E-state index contributed by atoms with van der Waals surface area (Å²) in [5.41, 5.74) is 4.57. The molecule has 7 nitrogen and oxygen atoms in total. The number of fused-ring (bicyclic) bond motifs is 1. The SMILES string of the molecule is C[C@@H](N1C=C2C=C(NCc3ccc(Cl)cc3)C=CC2N1)[C@](O)(Cn1cncn1)c1ccc(F)cc1F.Cl. The molecule has 2 aliphatic rings. The second-order valence-corrected chi connectivity index (χ2v) is 9.34. The first-order valence-corrected chi connectivity index (χ1v) is 11.8. The molecule has 2 aromatic carbocycles. The predicted molar refractivity (Wildman–Crippen MR) is 139 cm³/mol. The molecule has 1 unspecified atom stereocenters. The number of aromatic nitrogens is 3. The normalized spacial score (nSPS) is 18.8. The smallest absolute Gasteiger partial charge is 0.137 e. The van der Waals surface area contributed by atoms with Crippen LogP contribution in [0.15, 0.2) is 90.8 Å². The Bertz CT molecular complexity index is 1330. The van der Waals surface area contributed by atoms with Crippen molar-refractivity contribution < 1.29 is 13.9 Å². The summed E-state index contributed by atoms with van der Waals surface area (Å²) >= 11 is 5.96. The van der Waals surface area contributed by atoms with Crippen LogP contribution in [0, 0.1) is 11.6 Å². The Morgan fingerprint density at radius 1 is 1.22 bits per heavy atom. The van der Waals surface area contributed by atoms with Crippen LogP contribution in [0.2, 0.25) is 5.02 Å². The van der Waals surface area contributed by atoms with Gasteiger partial charge in [0.15, 0.2) is 0 Å². The van der Waals surface area contributed by atoms with Crippen LogP contribution in [0.5, 0.6) is 0 Å². The van der Waals surface area contributed by atoms with Gasteiger partial charge in [-0.15, -0.1) is 12.4 Å². The first-order chi connectivity index (χ1) is 17.3. The standard InChI is InChI=1S/C26H25ClF2N6O.ClH/c1-17(26(36,14-34-16-30-15-32-34)23-8-6-21(28)11-24(23)29)35-13-19-10-22(7-9-25(19)33-35)31-12-18-2-4-20(27)5-3-18;/h2-11,13,15-17,25,31,33,36H,12,14H2,1H3;1H/t17-,25?,26-;/m1./s1. The number of nitrogens with zero attached hydrogens (tertiary/aromatic N) is 4. The fraction of sp³-hybridized carbons (Fsp3) is 0.231. The number of hydrazine groups is 1. The Morgan fingerprint density at radius 3 is 2.70 bits per heavy atom. The van der Waals surface area contributed by atoms with Gasteiger partial charge in [-0.25, -0.2) is 23.9 Å². The second kappa shape index (κ2) is 11.0. The summed E-state index contributed by atoms with van der Waals surface area (Å²) in [5, 5.41) is 21.8. The van der Waals surface area contributed by atoms with Crippen LogP contribution in [-0.2, 0) is 18.7 Å². The quantitative estimate of drug-likeness (QED) is 0.392. The van der Waals surface area contributed by atoms with Gasteiger partial charge < -0.3 is 15.4 Å². The summed E-state index contributed by atoms with van der Waals surface area (Å²) in [5.74, 6) is -1.55. The average Bonchev–Trinajstić information content (AvgIpc) is 3.52. The summed E-state index contributed by atoms with van der Waals surface area (Å²) in [4.78, 5) is 3.92. The van der Waals surface area contributed by atoms with Crippen LogP contribution < -0.4 is 10.7 Å². The number of hydrogen-bond acceptors (Lipinski definition) is 6. The third-order valence-electron chi connectivity index (χ3n) is 6.51. The van der Waals surface area contributed by atoms with E-state index in [0.29, 0.717) is 11.6 Å². The third kappa shape index (κ3) is 5.70. The highest BCUT2D eigenvalue weighted by Gasteiger charge is 2.43. The molecule has 5 rings (SSSR count). The zero-order valence-electron chi connectivity index (χ0n) is 19.9. The second-order valence-electron chi connectivity index (χ2n) is 8.90. The molecule has 0 amide bonds. The molecule has 1 aliphatic carbocycles. The van der Waals surface area contributed by atoms with Crippen molar-refractivity contribution in [3.05, 3.63) is 119 Å². The molecule has 0 saturated carbocycles. The zero-order chi connectivity index (χ0) is 25.3. The van der Waals surface area contributed by atoms with Gasteiger partial charge in [-0.3, -0.25) is 0 Å². The molecule has 11 heteroatoms. The molecular weight excluding hydrogens is 521 g/mol. The van der Waals surface area contributed by atoms with Crippen molar-refractivity contribution in [2.24, 2.45) is 0 Å². The molecule has 1 aromatic heterocycles. The Hall–Kier alpha value is -3.24. The molecule has 3 atom stereocenters. The average molecular weight is 547 g/mol. The summed E-state index contributed by atoms with van der Waals surface area (Å²) in [6.07, 6.45) is 10.7. The van der Waals surface area contributed by atoms with E-state index >= 15 is 0 Å². The third-order valence-corrected chi connectivity index (χ3v) is 6.76. The lowest BCUT2D eigenvalue weighted by molar-refractivity contribution is -0.0613. The Balaban J connectivity index is 0.00000320. The van der Waals surface area contributed by atoms with E-state index < -0.39 is 23.3 Å². The van der Waals surface area contributed by atoms with Crippen LogP contribution in [-0.4, -0.2) is 37.0 Å². The van der Waals surface area contributed by atoms with E-state index in [1.807, 2.05) is 48.7 Å². The minimum Gasteiger partial charge on any atom is -0.381 e. The van der Waals surface area contributed by atoms with Gasteiger partial charge >= 0.3 is 0 Å². The topological polar surface area (TPSA) is 78.2 Å². The van der Waals surface area contributed by atoms with Gasteiger partial charge in [0, 0.05) is 35.1 Å². The van der Waals surface area contributed by atoms with Crippen LogP contribution in [0.25, 0.3) is 0 Å². The van der Waals surface area contributed by atoms with Crippen molar-refractivity contribution in [3.8, 4) is 0 Å². The van der Waals surface area contributed by atoms with E-state index in [9.17, 15) is 13.9 Å². The van der Waals surface area contributed by atoms with Gasteiger partial charge in [-0.1, -0.05) is 35.9 Å². The van der Waals surface area contributed by atoms with Crippen LogP contribution >= 0.6 is 24.0 Å². The van der Waals surface area contributed by atoms with Crippen molar-refractivity contribution in [2.45, 2.75) is 37.7 Å². The molecule has 0 radical (unpaired) electrons. The molecule has 0 spiro atoms. The fourth-order valence-corrected chi connectivity index (χ4v) is 4.56. The highest BCUT2D eigenvalue weighted by Crippen LogP contribution is 2.34. The van der Waals surface area contributed by atoms with Gasteiger partial charge in [0.25, 0.3) is 0 Å². The van der Waals surface area contributed by atoms with Crippen molar-refractivity contribution in [3.63, 3.8) is 0 Å². The predicted octanol–water partition coefficient (Wildman–Crippen LogP) is 4.22. The molecular formula is C26H26Cl2F2N6O. The minimum absolute atomic E-state index is 0. The lowest BCUT2D eigenvalue weighted by Gasteiger charge is -2.40. The summed E-state index contributed by atoms with van der Waals surface area (Å²) < 4.78 is 29.9. The first-order valence-electron chi connectivity index (χ1n) is 11.5. The van der Waals surface area contributed by atoms with Gasteiger partial charge in [0.2, 0.25) is 0 Å². The zero-order valence-corrected chi connectivity index (χ0v) is 21.4. The number of hydrogen-bond donors (Lipinski definition) is 3. The highest BCUT2D eigenvalue weighted by molar-refractivity contribution is 6.30. The molecule has 0 fully saturated rings. The summed E-state index contributed by atoms with van der Waals surface area (Å²) in [7, 11) is 0. The molecule has 3 N–H and O–H groups in total. The summed E-state index contributed by atoms with van der Waals surface area (Å²) in [6, 6.07) is 10.1. The fourth-order valence-electron chi connectivity index (χ4n) is 4.44. The number of halogens is 4. The maximum Gasteiger partial charge on any atom is 0.137 e. The van der Waals surface area contributed by atoms with Crippen molar-refractivity contribution in [1.29, 1.82) is 0 Å². The largest absolute Gasteiger partial charge is 0.381 e.